The number of hydrogen-bond acceptors (Lipinski definition) is 3. The summed E-state index contributed by atoms with van der Waals surface area (Å²) in [7, 11) is 0. The van der Waals surface area contributed by atoms with Crippen LogP contribution in [0.1, 0.15) is 12.8 Å². The third-order valence-corrected chi connectivity index (χ3v) is 3.51. The second-order valence-electron chi connectivity index (χ2n) is 4.53. The van der Waals surface area contributed by atoms with Crippen molar-refractivity contribution >= 4 is 12.6 Å². The molecule has 0 saturated heterocycles. The molecule has 1 heterocycles. The van der Waals surface area contributed by atoms with Gasteiger partial charge in [0.05, 0.1) is 6.54 Å². The summed E-state index contributed by atoms with van der Waals surface area (Å²) in [6.45, 7) is 0.770. The molecule has 0 radical (unpaired) electrons. The number of rotatable bonds is 3. The van der Waals surface area contributed by atoms with Gasteiger partial charge in [0.25, 0.3) is 0 Å². The Morgan fingerprint density at radius 1 is 1.11 bits per heavy atom. The van der Waals surface area contributed by atoms with Crippen LogP contribution in [0, 0.1) is 0 Å². The van der Waals surface area contributed by atoms with Crippen molar-refractivity contribution in [1.29, 1.82) is 0 Å². The van der Waals surface area contributed by atoms with Crippen molar-refractivity contribution in [2.24, 2.45) is 0 Å². The Balaban J connectivity index is 1.95. The summed E-state index contributed by atoms with van der Waals surface area (Å²) in [5.41, 5.74) is 2.36. The minimum absolute atomic E-state index is 0.652. The van der Waals surface area contributed by atoms with E-state index in [4.69, 9.17) is 0 Å². The van der Waals surface area contributed by atoms with Gasteiger partial charge in [-0.2, -0.15) is 0 Å². The highest BCUT2D eigenvalue weighted by Crippen LogP contribution is 2.22. The fraction of sp³-hybridized carbons (Fsp3) is 0.200. The Kier molecular flexibility index (Phi) is 3.51. The average Bonchev–Trinajstić information content (AvgIpc) is 2.82. The zero-order valence-corrected chi connectivity index (χ0v) is 11.4. The molecule has 0 bridgehead atoms. The molecule has 1 aliphatic carbocycles. The van der Waals surface area contributed by atoms with Gasteiger partial charge in [-0.05, 0) is 18.4 Å². The summed E-state index contributed by atoms with van der Waals surface area (Å²) in [6.07, 6.45) is 8.88. The van der Waals surface area contributed by atoms with E-state index >= 15 is 0 Å². The molecule has 0 amide bonds. The Morgan fingerprint density at radius 3 is 2.68 bits per heavy atom. The van der Waals surface area contributed by atoms with Gasteiger partial charge in [-0.1, -0.05) is 48.6 Å². The van der Waals surface area contributed by atoms with Crippen LogP contribution in [0.15, 0.2) is 59.3 Å². The highest BCUT2D eigenvalue weighted by Gasteiger charge is 2.12. The van der Waals surface area contributed by atoms with Gasteiger partial charge < -0.3 is 0 Å². The summed E-state index contributed by atoms with van der Waals surface area (Å²) in [5.74, 6) is 0.866. The van der Waals surface area contributed by atoms with Crippen molar-refractivity contribution in [2.45, 2.75) is 24.5 Å². The van der Waals surface area contributed by atoms with Gasteiger partial charge in [0.15, 0.2) is 11.0 Å². The van der Waals surface area contributed by atoms with E-state index in [1.165, 1.54) is 5.57 Å². The van der Waals surface area contributed by atoms with E-state index in [0.29, 0.717) is 5.16 Å². The lowest BCUT2D eigenvalue weighted by molar-refractivity contribution is 0.710. The molecule has 0 atom stereocenters. The quantitative estimate of drug-likeness (QED) is 0.864. The van der Waals surface area contributed by atoms with Gasteiger partial charge >= 0.3 is 0 Å². The topological polar surface area (TPSA) is 30.7 Å². The Bertz CT molecular complexity index is 626. The summed E-state index contributed by atoms with van der Waals surface area (Å²) in [4.78, 5) is 0. The SMILES string of the molecule is Sc1nnc(-c2ccccc2)n1CC1=CCCC=C1. The zero-order valence-electron chi connectivity index (χ0n) is 10.5. The molecule has 0 saturated carbocycles. The van der Waals surface area contributed by atoms with Crippen molar-refractivity contribution in [3.8, 4) is 11.4 Å². The van der Waals surface area contributed by atoms with E-state index in [2.05, 4.69) is 41.1 Å². The van der Waals surface area contributed by atoms with E-state index < -0.39 is 0 Å². The molecule has 19 heavy (non-hydrogen) atoms. The number of aromatic nitrogens is 3. The molecule has 0 fully saturated rings. The molecule has 3 rings (SSSR count). The summed E-state index contributed by atoms with van der Waals surface area (Å²) >= 11 is 4.41. The summed E-state index contributed by atoms with van der Waals surface area (Å²) in [6, 6.07) is 10.1. The molecule has 0 N–H and O–H groups in total. The van der Waals surface area contributed by atoms with Crippen molar-refractivity contribution in [3.05, 3.63) is 54.1 Å². The van der Waals surface area contributed by atoms with Gasteiger partial charge in [0.1, 0.15) is 0 Å². The molecule has 96 valence electrons. The molecule has 1 aromatic heterocycles. The van der Waals surface area contributed by atoms with Crippen molar-refractivity contribution in [3.63, 3.8) is 0 Å². The first kappa shape index (κ1) is 12.2. The summed E-state index contributed by atoms with van der Waals surface area (Å²) in [5, 5.41) is 8.97. The third-order valence-electron chi connectivity index (χ3n) is 3.18. The first-order valence-corrected chi connectivity index (χ1v) is 6.82. The monoisotopic (exact) mass is 269 g/mol. The second-order valence-corrected chi connectivity index (χ2v) is 4.93. The normalized spacial score (nSPS) is 14.5. The lowest BCUT2D eigenvalue weighted by Crippen LogP contribution is -2.04. The fourth-order valence-electron chi connectivity index (χ4n) is 2.21. The Labute approximate surface area is 118 Å². The molecule has 4 heteroatoms. The number of allylic oxidation sites excluding steroid dienone is 4. The lowest BCUT2D eigenvalue weighted by atomic mass is 10.1. The van der Waals surface area contributed by atoms with Crippen molar-refractivity contribution in [2.75, 3.05) is 0 Å². The van der Waals surface area contributed by atoms with Crippen molar-refractivity contribution < 1.29 is 0 Å². The van der Waals surface area contributed by atoms with Crippen molar-refractivity contribution in [1.82, 2.24) is 14.8 Å². The average molecular weight is 269 g/mol. The predicted octanol–water partition coefficient (Wildman–Crippen LogP) is 3.51. The molecule has 0 unspecified atom stereocenters. The van der Waals surface area contributed by atoms with Crippen LogP contribution >= 0.6 is 12.6 Å². The van der Waals surface area contributed by atoms with E-state index in [-0.39, 0.29) is 0 Å². The van der Waals surface area contributed by atoms with Gasteiger partial charge in [-0.15, -0.1) is 22.8 Å². The number of thiol groups is 1. The molecule has 0 aliphatic heterocycles. The maximum atomic E-state index is 4.41. The van der Waals surface area contributed by atoms with Crippen LogP contribution < -0.4 is 0 Å². The molecule has 0 spiro atoms. The predicted molar refractivity (Wildman–Crippen MR) is 79.2 cm³/mol. The van der Waals surface area contributed by atoms with Crippen LogP contribution in [0.2, 0.25) is 0 Å². The lowest BCUT2D eigenvalue weighted by Gasteiger charge is -2.11. The van der Waals surface area contributed by atoms with E-state index in [1.54, 1.807) is 0 Å². The maximum Gasteiger partial charge on any atom is 0.188 e. The first-order chi connectivity index (χ1) is 9.34. The zero-order chi connectivity index (χ0) is 13.1. The standard InChI is InChI=1S/C15H15N3S/c19-15-17-16-14(13-9-5-2-6-10-13)18(15)11-12-7-3-1-4-8-12/h2-3,5-10H,1,4,11H2,(H,17,19). The molecule has 2 aromatic rings. The largest absolute Gasteiger partial charge is 0.298 e. The number of benzene rings is 1. The van der Waals surface area contributed by atoms with Gasteiger partial charge in [0, 0.05) is 5.56 Å². The van der Waals surface area contributed by atoms with Crippen LogP contribution in [0.3, 0.4) is 0 Å². The Hall–Kier alpha value is -1.81. The highest BCUT2D eigenvalue weighted by atomic mass is 32.1. The van der Waals surface area contributed by atoms with E-state index in [9.17, 15) is 0 Å². The van der Waals surface area contributed by atoms with E-state index in [0.717, 1.165) is 30.8 Å². The minimum atomic E-state index is 0.652. The summed E-state index contributed by atoms with van der Waals surface area (Å²) < 4.78 is 2.04. The molecule has 3 nitrogen and oxygen atoms in total. The molecular weight excluding hydrogens is 254 g/mol. The number of nitrogens with zero attached hydrogens (tertiary/aromatic N) is 3. The molecule has 1 aromatic carbocycles. The molecule has 1 aliphatic rings. The number of hydrogen-bond donors (Lipinski definition) is 1. The van der Waals surface area contributed by atoms with E-state index in [1.807, 2.05) is 34.9 Å². The smallest absolute Gasteiger partial charge is 0.188 e. The third kappa shape index (κ3) is 2.63. The molecular formula is C15H15N3S. The Morgan fingerprint density at radius 2 is 1.95 bits per heavy atom. The fourth-order valence-corrected chi connectivity index (χ4v) is 2.42. The highest BCUT2D eigenvalue weighted by molar-refractivity contribution is 7.80. The van der Waals surface area contributed by atoms with Crippen LogP contribution in [0.4, 0.5) is 0 Å². The maximum absolute atomic E-state index is 4.41. The van der Waals surface area contributed by atoms with Crippen LogP contribution in [0.5, 0.6) is 0 Å². The second kappa shape index (κ2) is 5.45. The first-order valence-electron chi connectivity index (χ1n) is 6.38. The van der Waals surface area contributed by atoms with Gasteiger partial charge in [0.2, 0.25) is 0 Å². The minimum Gasteiger partial charge on any atom is -0.298 e. The van der Waals surface area contributed by atoms with Gasteiger partial charge in [-0.25, -0.2) is 0 Å². The van der Waals surface area contributed by atoms with Crippen LogP contribution in [-0.4, -0.2) is 14.8 Å². The van der Waals surface area contributed by atoms with Gasteiger partial charge in [-0.3, -0.25) is 4.57 Å². The van der Waals surface area contributed by atoms with Crippen LogP contribution in [0.25, 0.3) is 11.4 Å². The van der Waals surface area contributed by atoms with Crippen LogP contribution in [-0.2, 0) is 6.54 Å².